The van der Waals surface area contributed by atoms with Gasteiger partial charge >= 0.3 is 0 Å². The first kappa shape index (κ1) is 15.3. The largest absolute Gasteiger partial charge is 0.383 e. The van der Waals surface area contributed by atoms with Crippen molar-refractivity contribution < 1.29 is 24.1 Å². The van der Waals surface area contributed by atoms with Crippen molar-refractivity contribution in [2.24, 2.45) is 5.92 Å². The van der Waals surface area contributed by atoms with Crippen LogP contribution in [0.3, 0.4) is 0 Å². The highest BCUT2D eigenvalue weighted by Crippen LogP contribution is 2.49. The molecule has 1 N–H and O–H groups in total. The number of benzene rings is 1. The molecule has 0 saturated carbocycles. The van der Waals surface area contributed by atoms with E-state index in [4.69, 9.17) is 18.9 Å². The Labute approximate surface area is 135 Å². The Morgan fingerprint density at radius 2 is 1.91 bits per heavy atom. The number of fused-ring (bicyclic) bond motifs is 3. The summed E-state index contributed by atoms with van der Waals surface area (Å²) in [6, 6.07) is 9.99. The van der Waals surface area contributed by atoms with Crippen LogP contribution < -0.4 is 0 Å². The van der Waals surface area contributed by atoms with Crippen molar-refractivity contribution in [3.05, 3.63) is 48.0 Å². The molecule has 2 fully saturated rings. The summed E-state index contributed by atoms with van der Waals surface area (Å²) in [5.74, 6) is -0.919. The second-order valence-electron chi connectivity index (χ2n) is 6.86. The lowest BCUT2D eigenvalue weighted by Gasteiger charge is -2.33. The van der Waals surface area contributed by atoms with E-state index in [0.717, 1.165) is 5.56 Å². The third-order valence-corrected chi connectivity index (χ3v) is 4.77. The van der Waals surface area contributed by atoms with Crippen molar-refractivity contribution in [3.63, 3.8) is 0 Å². The first-order valence-corrected chi connectivity index (χ1v) is 8.02. The van der Waals surface area contributed by atoms with Gasteiger partial charge in [-0.05, 0) is 19.4 Å². The number of hydrogen-bond donors (Lipinski definition) is 1. The van der Waals surface area contributed by atoms with Crippen LogP contribution in [-0.2, 0) is 25.6 Å². The molecule has 2 saturated heterocycles. The molecule has 23 heavy (non-hydrogen) atoms. The van der Waals surface area contributed by atoms with E-state index in [-0.39, 0.29) is 5.92 Å². The van der Waals surface area contributed by atoms with Crippen LogP contribution in [0.15, 0.2) is 42.5 Å². The van der Waals surface area contributed by atoms with E-state index >= 15 is 0 Å². The quantitative estimate of drug-likeness (QED) is 0.861. The molecule has 1 aliphatic carbocycles. The molecule has 5 atom stereocenters. The average Bonchev–Trinajstić information content (AvgIpc) is 3.07. The predicted octanol–water partition coefficient (Wildman–Crippen LogP) is 2.00. The van der Waals surface area contributed by atoms with Crippen molar-refractivity contribution >= 4 is 0 Å². The third kappa shape index (κ3) is 2.53. The van der Waals surface area contributed by atoms with Crippen molar-refractivity contribution in [2.75, 3.05) is 6.61 Å². The van der Waals surface area contributed by atoms with Gasteiger partial charge in [-0.2, -0.15) is 0 Å². The van der Waals surface area contributed by atoms with Gasteiger partial charge in [0.25, 0.3) is 0 Å². The number of aliphatic hydroxyl groups is 1. The Bertz CT molecular complexity index is 599. The molecular formula is C18H22O5. The van der Waals surface area contributed by atoms with E-state index in [9.17, 15) is 5.11 Å². The average molecular weight is 318 g/mol. The molecule has 4 rings (SSSR count). The molecule has 1 aromatic rings. The Morgan fingerprint density at radius 1 is 1.13 bits per heavy atom. The maximum atomic E-state index is 11.2. The normalized spacial score (nSPS) is 40.3. The highest BCUT2D eigenvalue weighted by atomic mass is 16.8. The number of rotatable bonds is 4. The molecule has 0 aromatic heterocycles. The summed E-state index contributed by atoms with van der Waals surface area (Å²) in [5, 5.41) is 11.2. The molecule has 3 aliphatic rings. The van der Waals surface area contributed by atoms with Gasteiger partial charge in [0.05, 0.1) is 13.2 Å². The zero-order valence-electron chi connectivity index (χ0n) is 13.3. The summed E-state index contributed by atoms with van der Waals surface area (Å²) in [5.41, 5.74) is -0.0186. The first-order valence-electron chi connectivity index (χ1n) is 8.02. The van der Waals surface area contributed by atoms with Gasteiger partial charge in [-0.25, -0.2) is 0 Å². The molecule has 124 valence electrons. The Kier molecular flexibility index (Phi) is 3.59. The van der Waals surface area contributed by atoms with Gasteiger partial charge < -0.3 is 24.1 Å². The maximum absolute atomic E-state index is 11.2. The number of ether oxygens (including phenoxy) is 4. The molecule has 0 unspecified atom stereocenters. The molecule has 0 spiro atoms. The molecule has 2 heterocycles. The van der Waals surface area contributed by atoms with E-state index in [1.54, 1.807) is 0 Å². The third-order valence-electron chi connectivity index (χ3n) is 4.77. The molecule has 1 aromatic carbocycles. The molecule has 5 nitrogen and oxygen atoms in total. The SMILES string of the molecule is CC1(C)O[C@H]2O[C@@H]3C=C[C@H](COCc4ccccc4)[C@]3(O)[C@H]2O1. The van der Waals surface area contributed by atoms with Gasteiger partial charge in [0.15, 0.2) is 12.1 Å². The van der Waals surface area contributed by atoms with Crippen LogP contribution in [0.1, 0.15) is 19.4 Å². The Balaban J connectivity index is 1.43. The van der Waals surface area contributed by atoms with Crippen LogP contribution in [-0.4, -0.2) is 41.6 Å². The fourth-order valence-corrected chi connectivity index (χ4v) is 3.64. The van der Waals surface area contributed by atoms with Crippen LogP contribution in [0.25, 0.3) is 0 Å². The Morgan fingerprint density at radius 3 is 2.70 bits per heavy atom. The standard InChI is InChI=1S/C18H22O5/c1-17(2)22-15-16(23-17)21-14-9-8-13(18(14,15)19)11-20-10-12-6-4-3-5-7-12/h3-9,13-16,19H,10-11H2,1-2H3/t13-,14-,15+,16-,18-/m1/s1. The lowest BCUT2D eigenvalue weighted by Crippen LogP contribution is -2.52. The van der Waals surface area contributed by atoms with Crippen LogP contribution in [0.4, 0.5) is 0 Å². The fourth-order valence-electron chi connectivity index (χ4n) is 3.64. The van der Waals surface area contributed by atoms with Gasteiger partial charge in [-0.1, -0.05) is 42.5 Å². The van der Waals surface area contributed by atoms with Gasteiger partial charge in [-0.3, -0.25) is 0 Å². The molecule has 0 radical (unpaired) electrons. The minimum absolute atomic E-state index is 0.177. The number of hydrogen-bond acceptors (Lipinski definition) is 5. The minimum atomic E-state index is -1.13. The van der Waals surface area contributed by atoms with Crippen molar-refractivity contribution in [2.45, 2.75) is 50.3 Å². The molecule has 5 heteroatoms. The summed E-state index contributed by atoms with van der Waals surface area (Å²) in [7, 11) is 0. The minimum Gasteiger partial charge on any atom is -0.383 e. The maximum Gasteiger partial charge on any atom is 0.190 e. The van der Waals surface area contributed by atoms with Crippen molar-refractivity contribution in [3.8, 4) is 0 Å². The lowest BCUT2D eigenvalue weighted by molar-refractivity contribution is -0.226. The second-order valence-corrected chi connectivity index (χ2v) is 6.86. The second kappa shape index (κ2) is 5.40. The summed E-state index contributed by atoms with van der Waals surface area (Å²) >= 11 is 0. The van der Waals surface area contributed by atoms with Crippen molar-refractivity contribution in [1.29, 1.82) is 0 Å². The van der Waals surface area contributed by atoms with Gasteiger partial charge in [0.2, 0.25) is 0 Å². The summed E-state index contributed by atoms with van der Waals surface area (Å²) in [6.45, 7) is 4.59. The summed E-state index contributed by atoms with van der Waals surface area (Å²) in [4.78, 5) is 0. The van der Waals surface area contributed by atoms with E-state index in [0.29, 0.717) is 13.2 Å². The van der Waals surface area contributed by atoms with E-state index in [1.807, 2.05) is 56.3 Å². The van der Waals surface area contributed by atoms with Crippen LogP contribution >= 0.6 is 0 Å². The van der Waals surface area contributed by atoms with Gasteiger partial charge in [0.1, 0.15) is 17.8 Å². The molecule has 2 aliphatic heterocycles. The van der Waals surface area contributed by atoms with Crippen LogP contribution in [0.2, 0.25) is 0 Å². The first-order chi connectivity index (χ1) is 11.0. The lowest BCUT2D eigenvalue weighted by atomic mass is 9.85. The zero-order chi connectivity index (χ0) is 16.1. The summed E-state index contributed by atoms with van der Waals surface area (Å²) in [6.07, 6.45) is 2.41. The topological polar surface area (TPSA) is 57.2 Å². The highest BCUT2D eigenvalue weighted by molar-refractivity contribution is 5.24. The van der Waals surface area contributed by atoms with E-state index in [2.05, 4.69) is 0 Å². The summed E-state index contributed by atoms with van der Waals surface area (Å²) < 4.78 is 23.2. The fraction of sp³-hybridized carbons (Fsp3) is 0.556. The van der Waals surface area contributed by atoms with E-state index in [1.165, 1.54) is 0 Å². The molecular weight excluding hydrogens is 296 g/mol. The predicted molar refractivity (Wildman–Crippen MR) is 82.4 cm³/mol. The molecule has 0 bridgehead atoms. The van der Waals surface area contributed by atoms with Crippen LogP contribution in [0, 0.1) is 5.92 Å². The van der Waals surface area contributed by atoms with Crippen LogP contribution in [0.5, 0.6) is 0 Å². The zero-order valence-corrected chi connectivity index (χ0v) is 13.3. The van der Waals surface area contributed by atoms with Crippen molar-refractivity contribution in [1.82, 2.24) is 0 Å². The highest BCUT2D eigenvalue weighted by Gasteiger charge is 2.66. The Hall–Kier alpha value is -1.24. The molecule has 0 amide bonds. The van der Waals surface area contributed by atoms with Gasteiger partial charge in [-0.15, -0.1) is 0 Å². The monoisotopic (exact) mass is 318 g/mol. The smallest absolute Gasteiger partial charge is 0.190 e. The van der Waals surface area contributed by atoms with E-state index < -0.39 is 29.9 Å². The van der Waals surface area contributed by atoms with Gasteiger partial charge in [0, 0.05) is 5.92 Å².